The van der Waals surface area contributed by atoms with E-state index >= 15 is 0 Å². The highest BCUT2D eigenvalue weighted by molar-refractivity contribution is 7.99. The molecule has 0 N–H and O–H groups in total. The van der Waals surface area contributed by atoms with Crippen molar-refractivity contribution >= 4 is 23.4 Å². The third-order valence-corrected chi connectivity index (χ3v) is 3.63. The summed E-state index contributed by atoms with van der Waals surface area (Å²) in [5.41, 5.74) is 2.18. The number of aromatic nitrogens is 1. The van der Waals surface area contributed by atoms with Gasteiger partial charge in [0.25, 0.3) is 0 Å². The summed E-state index contributed by atoms with van der Waals surface area (Å²) in [7, 11) is 1.73. The zero-order valence-electron chi connectivity index (χ0n) is 9.12. The molecule has 0 aliphatic carbocycles. The molecule has 0 aliphatic rings. The van der Waals surface area contributed by atoms with E-state index in [0.717, 1.165) is 24.5 Å². The predicted molar refractivity (Wildman–Crippen MR) is 65.7 cm³/mol. The number of pyridine rings is 1. The van der Waals surface area contributed by atoms with Crippen molar-refractivity contribution in [2.24, 2.45) is 0 Å². The lowest BCUT2D eigenvalue weighted by Gasteiger charge is -2.07. The number of ether oxygens (including phenoxy) is 1. The first-order valence-corrected chi connectivity index (χ1v) is 6.43. The molecule has 0 amide bonds. The van der Waals surface area contributed by atoms with Crippen molar-refractivity contribution in [3.05, 3.63) is 23.5 Å². The largest absolute Gasteiger partial charge is 0.385 e. The maximum atomic E-state index is 5.80. The normalized spacial score (nSPS) is 10.6. The zero-order chi connectivity index (χ0) is 11.1. The molecule has 84 valence electrons. The van der Waals surface area contributed by atoms with Crippen LogP contribution >= 0.6 is 23.4 Å². The lowest BCUT2D eigenvalue weighted by Crippen LogP contribution is -1.94. The second-order valence-corrected chi connectivity index (χ2v) is 4.61. The average molecular weight is 246 g/mol. The first-order chi connectivity index (χ1) is 7.29. The van der Waals surface area contributed by atoms with E-state index < -0.39 is 0 Å². The third-order valence-electron chi connectivity index (χ3n) is 2.14. The Morgan fingerprint density at radius 3 is 3.00 bits per heavy atom. The van der Waals surface area contributed by atoms with E-state index in [0.29, 0.717) is 5.88 Å². The van der Waals surface area contributed by atoms with Crippen LogP contribution in [-0.4, -0.2) is 24.5 Å². The zero-order valence-corrected chi connectivity index (χ0v) is 10.7. The van der Waals surface area contributed by atoms with Crippen LogP contribution < -0.4 is 0 Å². The Labute approximate surface area is 100 Å². The Morgan fingerprint density at radius 1 is 1.53 bits per heavy atom. The molecule has 0 aliphatic heterocycles. The number of halogens is 1. The highest BCUT2D eigenvalue weighted by Gasteiger charge is 2.04. The van der Waals surface area contributed by atoms with Gasteiger partial charge in [-0.15, -0.1) is 23.4 Å². The van der Waals surface area contributed by atoms with Gasteiger partial charge >= 0.3 is 0 Å². The van der Waals surface area contributed by atoms with E-state index in [1.165, 1.54) is 10.5 Å². The van der Waals surface area contributed by atoms with E-state index in [4.69, 9.17) is 16.3 Å². The van der Waals surface area contributed by atoms with Gasteiger partial charge in [0.15, 0.2) is 0 Å². The molecule has 0 saturated carbocycles. The van der Waals surface area contributed by atoms with E-state index in [1.54, 1.807) is 7.11 Å². The first kappa shape index (κ1) is 12.8. The molecule has 15 heavy (non-hydrogen) atoms. The Kier molecular flexibility index (Phi) is 6.06. The van der Waals surface area contributed by atoms with Crippen molar-refractivity contribution < 1.29 is 4.74 Å². The van der Waals surface area contributed by atoms with Crippen LogP contribution in [0.25, 0.3) is 0 Å². The van der Waals surface area contributed by atoms with Gasteiger partial charge in [-0.25, -0.2) is 0 Å². The van der Waals surface area contributed by atoms with Crippen molar-refractivity contribution in [2.45, 2.75) is 24.1 Å². The molecule has 4 heteroatoms. The van der Waals surface area contributed by atoms with Crippen LogP contribution in [0.15, 0.2) is 17.2 Å². The summed E-state index contributed by atoms with van der Waals surface area (Å²) in [6.07, 6.45) is 2.89. The molecule has 1 heterocycles. The molecule has 0 aromatic carbocycles. The van der Waals surface area contributed by atoms with Gasteiger partial charge in [-0.2, -0.15) is 0 Å². The number of thioether (sulfide) groups is 1. The molecule has 0 bridgehead atoms. The molecule has 1 aromatic rings. The average Bonchev–Trinajstić information content (AvgIpc) is 2.26. The molecule has 0 atom stereocenters. The maximum absolute atomic E-state index is 5.80. The van der Waals surface area contributed by atoms with Crippen LogP contribution in [0.3, 0.4) is 0 Å². The molecule has 0 fully saturated rings. The maximum Gasteiger partial charge on any atom is 0.0650 e. The van der Waals surface area contributed by atoms with Crippen LogP contribution in [0.5, 0.6) is 0 Å². The van der Waals surface area contributed by atoms with Gasteiger partial charge in [-0.1, -0.05) is 0 Å². The SMILES string of the molecule is COCCCSc1ccnc(CCl)c1C. The van der Waals surface area contributed by atoms with E-state index in [9.17, 15) is 0 Å². The fourth-order valence-electron chi connectivity index (χ4n) is 1.24. The standard InChI is InChI=1S/C11H16ClNOS/c1-9-10(8-12)13-5-4-11(9)15-7-3-6-14-2/h4-5H,3,6-8H2,1-2H3. The van der Waals surface area contributed by atoms with Crippen molar-refractivity contribution in [3.8, 4) is 0 Å². The van der Waals surface area contributed by atoms with Gasteiger partial charge in [-0.05, 0) is 25.0 Å². The van der Waals surface area contributed by atoms with Gasteiger partial charge in [0, 0.05) is 30.6 Å². The minimum atomic E-state index is 0.484. The number of rotatable bonds is 6. The van der Waals surface area contributed by atoms with Crippen molar-refractivity contribution in [1.82, 2.24) is 4.98 Å². The highest BCUT2D eigenvalue weighted by atomic mass is 35.5. The summed E-state index contributed by atoms with van der Waals surface area (Å²) < 4.78 is 5.01. The Morgan fingerprint density at radius 2 is 2.33 bits per heavy atom. The van der Waals surface area contributed by atoms with E-state index in [-0.39, 0.29) is 0 Å². The molecule has 1 aromatic heterocycles. The van der Waals surface area contributed by atoms with Crippen LogP contribution in [0.4, 0.5) is 0 Å². The van der Waals surface area contributed by atoms with Crippen LogP contribution in [0.1, 0.15) is 17.7 Å². The van der Waals surface area contributed by atoms with Crippen LogP contribution in [0.2, 0.25) is 0 Å². The first-order valence-electron chi connectivity index (χ1n) is 4.91. The van der Waals surface area contributed by atoms with Crippen molar-refractivity contribution in [3.63, 3.8) is 0 Å². The molecule has 0 radical (unpaired) electrons. The summed E-state index contributed by atoms with van der Waals surface area (Å²) in [5, 5.41) is 0. The molecule has 0 saturated heterocycles. The van der Waals surface area contributed by atoms with Gasteiger partial charge in [0.05, 0.1) is 11.6 Å². The minimum absolute atomic E-state index is 0.484. The molecule has 1 rings (SSSR count). The number of methoxy groups -OCH3 is 1. The summed E-state index contributed by atoms with van der Waals surface area (Å²) in [6, 6.07) is 2.04. The third kappa shape index (κ3) is 4.01. The Hall–Kier alpha value is -0.250. The number of hydrogen-bond donors (Lipinski definition) is 0. The molecule has 0 spiro atoms. The fraction of sp³-hybridized carbons (Fsp3) is 0.545. The monoisotopic (exact) mass is 245 g/mol. The summed E-state index contributed by atoms with van der Waals surface area (Å²) in [4.78, 5) is 5.51. The predicted octanol–water partition coefficient (Wildman–Crippen LogP) is 3.26. The van der Waals surface area contributed by atoms with Gasteiger partial charge in [-0.3, -0.25) is 4.98 Å². The Balaban J connectivity index is 2.53. The summed E-state index contributed by atoms with van der Waals surface area (Å²) >= 11 is 7.63. The summed E-state index contributed by atoms with van der Waals surface area (Å²) in [5.74, 6) is 1.55. The van der Waals surface area contributed by atoms with Crippen LogP contribution in [0, 0.1) is 6.92 Å². The second-order valence-electron chi connectivity index (χ2n) is 3.21. The molecular formula is C11H16ClNOS. The van der Waals surface area contributed by atoms with Gasteiger partial charge in [0.2, 0.25) is 0 Å². The quantitative estimate of drug-likeness (QED) is 0.436. The minimum Gasteiger partial charge on any atom is -0.385 e. The lowest BCUT2D eigenvalue weighted by atomic mass is 10.2. The lowest BCUT2D eigenvalue weighted by molar-refractivity contribution is 0.200. The van der Waals surface area contributed by atoms with E-state index in [1.807, 2.05) is 24.0 Å². The number of hydrogen-bond acceptors (Lipinski definition) is 3. The Bertz CT molecular complexity index is 307. The fourth-order valence-corrected chi connectivity index (χ4v) is 2.48. The van der Waals surface area contributed by atoms with Gasteiger partial charge in [0.1, 0.15) is 0 Å². The smallest absolute Gasteiger partial charge is 0.0650 e. The van der Waals surface area contributed by atoms with E-state index in [2.05, 4.69) is 11.9 Å². The van der Waals surface area contributed by atoms with Crippen LogP contribution in [-0.2, 0) is 10.6 Å². The second kappa shape index (κ2) is 7.09. The van der Waals surface area contributed by atoms with Crippen molar-refractivity contribution in [1.29, 1.82) is 0 Å². The van der Waals surface area contributed by atoms with Crippen molar-refractivity contribution in [2.75, 3.05) is 19.5 Å². The number of alkyl halides is 1. The van der Waals surface area contributed by atoms with Gasteiger partial charge < -0.3 is 4.74 Å². The summed E-state index contributed by atoms with van der Waals surface area (Å²) in [6.45, 7) is 2.89. The molecule has 0 unspecified atom stereocenters. The molecule has 2 nitrogen and oxygen atoms in total. The number of nitrogens with zero attached hydrogens (tertiary/aromatic N) is 1. The highest BCUT2D eigenvalue weighted by Crippen LogP contribution is 2.24. The topological polar surface area (TPSA) is 22.1 Å². The molecular weight excluding hydrogens is 230 g/mol.